The van der Waals surface area contributed by atoms with Gasteiger partial charge in [-0.15, -0.1) is 0 Å². The number of anilines is 1. The van der Waals surface area contributed by atoms with Crippen LogP contribution in [0.5, 0.6) is 0 Å². The van der Waals surface area contributed by atoms with Crippen LogP contribution in [0.25, 0.3) is 0 Å². The number of carbonyl (C=O) groups is 2. The molecule has 114 valence electrons. The molecule has 6 heteroatoms. The molecule has 0 atom stereocenters. The van der Waals surface area contributed by atoms with E-state index in [0.29, 0.717) is 5.69 Å². The predicted molar refractivity (Wildman–Crippen MR) is 78.4 cm³/mol. The minimum absolute atomic E-state index is 0.154. The molecule has 0 heterocycles. The number of halogens is 2. The molecule has 2 aromatic rings. The molecule has 0 saturated carbocycles. The fourth-order valence-electron chi connectivity index (χ4n) is 1.90. The van der Waals surface area contributed by atoms with Crippen molar-refractivity contribution in [3.05, 3.63) is 65.7 Å². The summed E-state index contributed by atoms with van der Waals surface area (Å²) < 4.78 is 26.1. The van der Waals surface area contributed by atoms with Crippen molar-refractivity contribution >= 4 is 17.5 Å². The summed E-state index contributed by atoms with van der Waals surface area (Å²) in [4.78, 5) is 25.0. The molecule has 0 saturated heterocycles. The normalized spacial score (nSPS) is 10.1. The maximum absolute atomic E-state index is 13.1. The highest BCUT2D eigenvalue weighted by Crippen LogP contribution is 2.10. The SMILES string of the molecule is CN(CC(=O)Nc1cccc(F)c1)C(=O)c1cccc(F)c1. The van der Waals surface area contributed by atoms with Gasteiger partial charge in [0, 0.05) is 18.3 Å². The van der Waals surface area contributed by atoms with Gasteiger partial charge in [-0.2, -0.15) is 0 Å². The van der Waals surface area contributed by atoms with Gasteiger partial charge in [0.15, 0.2) is 0 Å². The van der Waals surface area contributed by atoms with E-state index in [-0.39, 0.29) is 12.1 Å². The Balaban J connectivity index is 1.97. The molecule has 0 radical (unpaired) electrons. The van der Waals surface area contributed by atoms with E-state index in [1.807, 2.05) is 0 Å². The smallest absolute Gasteiger partial charge is 0.254 e. The summed E-state index contributed by atoms with van der Waals surface area (Å²) in [6.45, 7) is -0.230. The zero-order valence-corrected chi connectivity index (χ0v) is 11.8. The lowest BCUT2D eigenvalue weighted by molar-refractivity contribution is -0.116. The highest BCUT2D eigenvalue weighted by atomic mass is 19.1. The van der Waals surface area contributed by atoms with Gasteiger partial charge in [0.25, 0.3) is 5.91 Å². The Hall–Kier alpha value is -2.76. The van der Waals surface area contributed by atoms with E-state index in [4.69, 9.17) is 0 Å². The standard InChI is InChI=1S/C16H14F2N2O2/c1-20(16(22)11-4-2-5-12(17)8-11)10-15(21)19-14-7-3-6-13(18)9-14/h2-9H,10H2,1H3,(H,19,21). The first kappa shape index (κ1) is 15.6. The summed E-state index contributed by atoms with van der Waals surface area (Å²) in [5.74, 6) is -1.95. The Bertz CT molecular complexity index is 704. The van der Waals surface area contributed by atoms with Crippen LogP contribution in [-0.2, 0) is 4.79 Å². The van der Waals surface area contributed by atoms with E-state index >= 15 is 0 Å². The summed E-state index contributed by atoms with van der Waals surface area (Å²) in [6, 6.07) is 10.6. The Kier molecular flexibility index (Phi) is 4.83. The van der Waals surface area contributed by atoms with Crippen molar-refractivity contribution in [2.24, 2.45) is 0 Å². The van der Waals surface area contributed by atoms with Gasteiger partial charge in [0.2, 0.25) is 5.91 Å². The first-order chi connectivity index (χ1) is 10.5. The number of nitrogens with one attached hydrogen (secondary N) is 1. The van der Waals surface area contributed by atoms with Crippen molar-refractivity contribution < 1.29 is 18.4 Å². The minimum Gasteiger partial charge on any atom is -0.332 e. The van der Waals surface area contributed by atoms with Crippen molar-refractivity contribution in [2.75, 3.05) is 18.9 Å². The Morgan fingerprint density at radius 2 is 1.68 bits per heavy atom. The molecule has 0 aliphatic carbocycles. The number of hydrogen-bond donors (Lipinski definition) is 1. The van der Waals surface area contributed by atoms with E-state index in [2.05, 4.69) is 5.32 Å². The minimum atomic E-state index is -0.525. The molecule has 0 spiro atoms. The van der Waals surface area contributed by atoms with Crippen molar-refractivity contribution in [1.29, 1.82) is 0 Å². The highest BCUT2D eigenvalue weighted by Gasteiger charge is 2.15. The lowest BCUT2D eigenvalue weighted by atomic mass is 10.2. The molecule has 0 fully saturated rings. The Labute approximate surface area is 126 Å². The molecule has 0 aliphatic heterocycles. The van der Waals surface area contributed by atoms with Gasteiger partial charge in [-0.1, -0.05) is 12.1 Å². The molecule has 22 heavy (non-hydrogen) atoms. The molecule has 0 bridgehead atoms. The first-order valence-electron chi connectivity index (χ1n) is 6.52. The summed E-state index contributed by atoms with van der Waals surface area (Å²) in [5.41, 5.74) is 0.456. The van der Waals surface area contributed by atoms with E-state index in [1.54, 1.807) is 0 Å². The maximum Gasteiger partial charge on any atom is 0.254 e. The Morgan fingerprint density at radius 3 is 2.32 bits per heavy atom. The van der Waals surface area contributed by atoms with Crippen LogP contribution in [0.3, 0.4) is 0 Å². The third kappa shape index (κ3) is 4.12. The zero-order chi connectivity index (χ0) is 16.1. The van der Waals surface area contributed by atoms with Gasteiger partial charge in [0.1, 0.15) is 11.6 Å². The Morgan fingerprint density at radius 1 is 1.05 bits per heavy atom. The van der Waals surface area contributed by atoms with E-state index in [1.165, 1.54) is 49.5 Å². The molecule has 0 aliphatic rings. The van der Waals surface area contributed by atoms with Crippen LogP contribution < -0.4 is 5.32 Å². The van der Waals surface area contributed by atoms with Crippen LogP contribution in [0.15, 0.2) is 48.5 Å². The zero-order valence-electron chi connectivity index (χ0n) is 11.8. The molecular formula is C16H14F2N2O2. The molecule has 0 unspecified atom stereocenters. The van der Waals surface area contributed by atoms with Crippen molar-refractivity contribution in [1.82, 2.24) is 4.90 Å². The van der Waals surface area contributed by atoms with Crippen LogP contribution in [0, 0.1) is 11.6 Å². The largest absolute Gasteiger partial charge is 0.332 e. The second-order valence-corrected chi connectivity index (χ2v) is 4.73. The van der Waals surface area contributed by atoms with Gasteiger partial charge in [0.05, 0.1) is 6.54 Å². The molecule has 2 aromatic carbocycles. The number of hydrogen-bond acceptors (Lipinski definition) is 2. The third-order valence-corrected chi connectivity index (χ3v) is 2.91. The van der Waals surface area contributed by atoms with E-state index in [0.717, 1.165) is 11.0 Å². The van der Waals surface area contributed by atoms with Crippen molar-refractivity contribution in [3.8, 4) is 0 Å². The molecule has 4 nitrogen and oxygen atoms in total. The number of rotatable bonds is 4. The molecule has 1 N–H and O–H groups in total. The molecular weight excluding hydrogens is 290 g/mol. The van der Waals surface area contributed by atoms with Crippen molar-refractivity contribution in [3.63, 3.8) is 0 Å². The quantitative estimate of drug-likeness (QED) is 0.944. The second kappa shape index (κ2) is 6.80. The first-order valence-corrected chi connectivity index (χ1v) is 6.52. The van der Waals surface area contributed by atoms with Gasteiger partial charge >= 0.3 is 0 Å². The monoisotopic (exact) mass is 304 g/mol. The average Bonchev–Trinajstić information content (AvgIpc) is 2.46. The number of carbonyl (C=O) groups excluding carboxylic acids is 2. The van der Waals surface area contributed by atoms with E-state index in [9.17, 15) is 18.4 Å². The van der Waals surface area contributed by atoms with Crippen LogP contribution in [0.2, 0.25) is 0 Å². The number of nitrogens with zero attached hydrogens (tertiary/aromatic N) is 1. The number of likely N-dealkylation sites (N-methyl/N-ethyl adjacent to an activating group) is 1. The van der Waals surface area contributed by atoms with Crippen LogP contribution in [0.1, 0.15) is 10.4 Å². The van der Waals surface area contributed by atoms with Crippen LogP contribution >= 0.6 is 0 Å². The number of benzene rings is 2. The third-order valence-electron chi connectivity index (χ3n) is 2.91. The molecule has 0 aromatic heterocycles. The topological polar surface area (TPSA) is 49.4 Å². The summed E-state index contributed by atoms with van der Waals surface area (Å²) >= 11 is 0. The average molecular weight is 304 g/mol. The van der Waals surface area contributed by atoms with Crippen molar-refractivity contribution in [2.45, 2.75) is 0 Å². The van der Waals surface area contributed by atoms with Gasteiger partial charge in [-0.3, -0.25) is 9.59 Å². The summed E-state index contributed by atoms with van der Waals surface area (Å²) in [5, 5.41) is 2.48. The summed E-state index contributed by atoms with van der Waals surface area (Å²) in [6.07, 6.45) is 0. The van der Waals surface area contributed by atoms with Crippen LogP contribution in [0.4, 0.5) is 14.5 Å². The van der Waals surface area contributed by atoms with Gasteiger partial charge in [-0.05, 0) is 36.4 Å². The lowest BCUT2D eigenvalue weighted by Gasteiger charge is -2.17. The molecule has 2 amide bonds. The fourth-order valence-corrected chi connectivity index (χ4v) is 1.90. The molecule has 2 rings (SSSR count). The fraction of sp³-hybridized carbons (Fsp3) is 0.125. The highest BCUT2D eigenvalue weighted by molar-refractivity contribution is 5.99. The number of amides is 2. The maximum atomic E-state index is 13.1. The van der Waals surface area contributed by atoms with Crippen LogP contribution in [-0.4, -0.2) is 30.3 Å². The lowest BCUT2D eigenvalue weighted by Crippen LogP contribution is -2.35. The second-order valence-electron chi connectivity index (χ2n) is 4.73. The van der Waals surface area contributed by atoms with E-state index < -0.39 is 23.4 Å². The van der Waals surface area contributed by atoms with Gasteiger partial charge in [-0.25, -0.2) is 8.78 Å². The predicted octanol–water partition coefficient (Wildman–Crippen LogP) is 2.68. The summed E-state index contributed by atoms with van der Waals surface area (Å²) in [7, 11) is 1.43. The van der Waals surface area contributed by atoms with Gasteiger partial charge < -0.3 is 10.2 Å².